The topological polar surface area (TPSA) is 243 Å². The molecule has 0 unspecified atom stereocenters. The molecule has 1 aliphatic carbocycles. The first-order chi connectivity index (χ1) is 42.2. The molecule has 0 bridgehead atoms. The Labute approximate surface area is 506 Å². The minimum absolute atomic E-state index is 0.00117. The molecule has 5 rings (SSSR count). The fourth-order valence-corrected chi connectivity index (χ4v) is 8.98. The summed E-state index contributed by atoms with van der Waals surface area (Å²) >= 11 is 0. The first-order valence-electron chi connectivity index (χ1n) is 30.4. The van der Waals surface area contributed by atoms with E-state index < -0.39 is 11.8 Å². The van der Waals surface area contributed by atoms with Gasteiger partial charge in [0, 0.05) is 94.8 Å². The molecule has 1 atom stereocenters. The molecule has 2 aromatic carbocycles. The van der Waals surface area contributed by atoms with Crippen LogP contribution in [0, 0.1) is 11.8 Å². The summed E-state index contributed by atoms with van der Waals surface area (Å²) in [7, 11) is 0. The third-order valence-electron chi connectivity index (χ3n) is 13.7. The monoisotopic (exact) mass is 1200 g/mol. The fourth-order valence-electron chi connectivity index (χ4n) is 8.98. The first-order valence-corrected chi connectivity index (χ1v) is 30.4. The van der Waals surface area contributed by atoms with Crippen molar-refractivity contribution in [3.8, 4) is 11.8 Å². The summed E-state index contributed by atoms with van der Waals surface area (Å²) in [6.07, 6.45) is 13.7. The zero-order valence-corrected chi connectivity index (χ0v) is 50.1. The van der Waals surface area contributed by atoms with E-state index in [1.807, 2.05) is 48.5 Å². The van der Waals surface area contributed by atoms with Gasteiger partial charge < -0.3 is 67.2 Å². The van der Waals surface area contributed by atoms with E-state index in [1.54, 1.807) is 9.80 Å². The van der Waals surface area contributed by atoms with Gasteiger partial charge in [0.05, 0.1) is 138 Å². The highest BCUT2D eigenvalue weighted by atomic mass is 16.6. The number of hydrogen-bond donors (Lipinski definition) is 1. The zero-order chi connectivity index (χ0) is 60.9. The highest BCUT2D eigenvalue weighted by Gasteiger charge is 2.24. The van der Waals surface area contributed by atoms with Crippen molar-refractivity contribution in [2.75, 3.05) is 163 Å². The van der Waals surface area contributed by atoms with Gasteiger partial charge in [0.2, 0.25) is 17.7 Å². The molecular formula is C64H90N4O18. The minimum Gasteiger partial charge on any atom is -0.462 e. The molecule has 1 N–H and O–H groups in total. The number of rotatable bonds is 48. The zero-order valence-electron chi connectivity index (χ0n) is 50.1. The van der Waals surface area contributed by atoms with Crippen LogP contribution in [0.4, 0.5) is 5.69 Å². The molecule has 0 saturated heterocycles. The Morgan fingerprint density at radius 3 is 1.69 bits per heavy atom. The molecule has 3 aliphatic rings. The van der Waals surface area contributed by atoms with Gasteiger partial charge in [-0.3, -0.25) is 38.5 Å². The highest BCUT2D eigenvalue weighted by molar-refractivity contribution is 6.13. The number of esters is 1. The number of nitrogens with one attached hydrogen (secondary N) is 1. The Morgan fingerprint density at radius 1 is 0.523 bits per heavy atom. The van der Waals surface area contributed by atoms with E-state index in [9.17, 15) is 33.6 Å². The normalized spacial score (nSPS) is 15.0. The number of ketones is 1. The van der Waals surface area contributed by atoms with Crippen molar-refractivity contribution in [1.29, 1.82) is 0 Å². The third kappa shape index (κ3) is 30.9. The lowest BCUT2D eigenvalue weighted by Gasteiger charge is -2.26. The van der Waals surface area contributed by atoms with Crippen molar-refractivity contribution in [1.82, 2.24) is 15.1 Å². The molecule has 0 radical (unpaired) electrons. The number of fused-ring (bicyclic) bond motifs is 2. The number of anilines is 1. The van der Waals surface area contributed by atoms with E-state index in [-0.39, 0.29) is 94.2 Å². The SMILES string of the molecule is O=C(CCCOCCOCCOCCN(CCOCCOCCOCCCC(=O)O[C@H]1CC/C=C/CCC1)C(=O)CCOCCOCCOCCOCCNC(=O)CCN1C(=O)C=CC1=O)CCC(=O)N1Cc2ccccc2C#Cc2ccccc21. The maximum absolute atomic E-state index is 13.5. The molecule has 22 heteroatoms. The van der Waals surface area contributed by atoms with Crippen LogP contribution in [-0.2, 0) is 92.2 Å². The van der Waals surface area contributed by atoms with E-state index in [4.69, 9.17) is 52.1 Å². The summed E-state index contributed by atoms with van der Waals surface area (Å²) in [4.78, 5) is 91.4. The predicted octanol–water partition coefficient (Wildman–Crippen LogP) is 5.09. The number of para-hydroxylation sites is 1. The lowest BCUT2D eigenvalue weighted by atomic mass is 10.0. The molecule has 474 valence electrons. The van der Waals surface area contributed by atoms with Gasteiger partial charge >= 0.3 is 5.97 Å². The molecule has 5 amide bonds. The quantitative estimate of drug-likeness (QED) is 0.0298. The Kier molecular flexibility index (Phi) is 37.0. The Balaban J connectivity index is 0.860. The third-order valence-corrected chi connectivity index (χ3v) is 13.7. The number of carbonyl (C=O) groups is 7. The number of Topliss-reactive ketones (excluding diaryl/α,β-unsaturated/α-hetero) is 1. The fraction of sp³-hybridized carbons (Fsp3) is 0.609. The van der Waals surface area contributed by atoms with Gasteiger partial charge in [-0.2, -0.15) is 0 Å². The average molecular weight is 1200 g/mol. The number of hydrogen-bond acceptors (Lipinski definition) is 18. The van der Waals surface area contributed by atoms with E-state index in [0.29, 0.717) is 158 Å². The molecular weight excluding hydrogens is 1110 g/mol. The molecule has 0 saturated carbocycles. The molecule has 0 fully saturated rings. The van der Waals surface area contributed by atoms with Crippen LogP contribution < -0.4 is 10.2 Å². The van der Waals surface area contributed by atoms with Crippen LogP contribution in [-0.4, -0.2) is 216 Å². The van der Waals surface area contributed by atoms with E-state index in [1.165, 1.54) is 12.2 Å². The lowest BCUT2D eigenvalue weighted by molar-refractivity contribution is -0.150. The average Bonchev–Trinajstić information content (AvgIpc) is 1.91. The van der Waals surface area contributed by atoms with Crippen molar-refractivity contribution < 1.29 is 85.7 Å². The summed E-state index contributed by atoms with van der Waals surface area (Å²) in [5, 5.41) is 2.68. The Morgan fingerprint density at radius 2 is 1.05 bits per heavy atom. The number of amides is 5. The summed E-state index contributed by atoms with van der Waals surface area (Å²) in [6, 6.07) is 15.4. The van der Waals surface area contributed by atoms with Gasteiger partial charge in [-0.25, -0.2) is 0 Å². The largest absolute Gasteiger partial charge is 0.462 e. The molecule has 0 aromatic heterocycles. The van der Waals surface area contributed by atoms with Crippen molar-refractivity contribution in [2.24, 2.45) is 0 Å². The standard InChI is InChI=1S/C64H90N4O18/c69-56(22-23-63(74)68-52-55-14-7-6-12-53(55)20-21-54-13-8-9-18-58(54)68)15-10-32-76-38-44-82-48-42-80-36-30-66(31-37-81-43-49-83-45-39-77-33-11-19-64(75)86-57-16-4-2-1-3-5-17-57)60(71)27-34-78-40-46-84-50-51-85-47-41-79-35-28-65-59(70)26-29-67-61(72)24-25-62(67)73/h1-2,6-9,12-14,18,24-25,57H,3-5,10-11,15-17,19,22-23,26-52H2,(H,65,70)/b2-1+/t57-/m0/s1. The van der Waals surface area contributed by atoms with Gasteiger partial charge in [0.25, 0.3) is 11.8 Å². The Bertz CT molecular complexity index is 2440. The van der Waals surface area contributed by atoms with E-state index in [2.05, 4.69) is 29.3 Å². The molecule has 2 aromatic rings. The maximum Gasteiger partial charge on any atom is 0.306 e. The minimum atomic E-state index is -0.419. The highest BCUT2D eigenvalue weighted by Crippen LogP contribution is 2.26. The smallest absolute Gasteiger partial charge is 0.306 e. The van der Waals surface area contributed by atoms with E-state index in [0.717, 1.165) is 59.4 Å². The van der Waals surface area contributed by atoms with Gasteiger partial charge in [0.1, 0.15) is 11.9 Å². The second kappa shape index (κ2) is 45.1. The maximum atomic E-state index is 13.5. The predicted molar refractivity (Wildman–Crippen MR) is 318 cm³/mol. The van der Waals surface area contributed by atoms with Gasteiger partial charge in [-0.1, -0.05) is 54.3 Å². The number of allylic oxidation sites excluding steroid dienone is 2. The summed E-state index contributed by atoms with van der Waals surface area (Å²) < 4.78 is 62.1. The molecule has 86 heavy (non-hydrogen) atoms. The number of imide groups is 1. The number of ether oxygens (including phenoxy) is 11. The summed E-state index contributed by atoms with van der Waals surface area (Å²) in [5.41, 5.74) is 3.37. The molecule has 22 nitrogen and oxygen atoms in total. The second-order valence-corrected chi connectivity index (χ2v) is 20.3. The lowest BCUT2D eigenvalue weighted by Crippen LogP contribution is -2.37. The first kappa shape index (κ1) is 70.5. The van der Waals surface area contributed by atoms with Crippen LogP contribution in [0.2, 0.25) is 0 Å². The van der Waals surface area contributed by atoms with Gasteiger partial charge in [-0.05, 0) is 68.7 Å². The van der Waals surface area contributed by atoms with Gasteiger partial charge in [0.15, 0.2) is 0 Å². The van der Waals surface area contributed by atoms with Crippen LogP contribution in [0.5, 0.6) is 0 Å². The van der Waals surface area contributed by atoms with Crippen molar-refractivity contribution in [2.45, 2.75) is 96.1 Å². The molecule has 2 aliphatic heterocycles. The van der Waals surface area contributed by atoms with Crippen LogP contribution in [0.25, 0.3) is 0 Å². The van der Waals surface area contributed by atoms with Gasteiger partial charge in [-0.15, -0.1) is 0 Å². The van der Waals surface area contributed by atoms with Crippen LogP contribution in [0.1, 0.15) is 100 Å². The molecule has 2 heterocycles. The number of nitrogens with zero attached hydrogens (tertiary/aromatic N) is 3. The Hall–Kier alpha value is -6.23. The van der Waals surface area contributed by atoms with Crippen LogP contribution in [0.15, 0.2) is 72.8 Å². The van der Waals surface area contributed by atoms with Crippen molar-refractivity contribution >= 4 is 47.0 Å². The van der Waals surface area contributed by atoms with Crippen molar-refractivity contribution in [3.05, 3.63) is 89.5 Å². The summed E-state index contributed by atoms with van der Waals surface area (Å²) in [5.74, 6) is 4.91. The number of carbonyl (C=O) groups excluding carboxylic acids is 7. The van der Waals surface area contributed by atoms with Crippen LogP contribution in [0.3, 0.4) is 0 Å². The number of benzene rings is 2. The summed E-state index contributed by atoms with van der Waals surface area (Å²) in [6.45, 7) is 8.12. The van der Waals surface area contributed by atoms with Crippen molar-refractivity contribution in [3.63, 3.8) is 0 Å². The van der Waals surface area contributed by atoms with Crippen LogP contribution >= 0.6 is 0 Å². The second-order valence-electron chi connectivity index (χ2n) is 20.3. The van der Waals surface area contributed by atoms with E-state index >= 15 is 0 Å². The molecule has 0 spiro atoms.